The van der Waals surface area contributed by atoms with Crippen LogP contribution in [0.4, 0.5) is 5.69 Å². The van der Waals surface area contributed by atoms with Crippen molar-refractivity contribution < 1.29 is 4.79 Å². The molecule has 0 heterocycles. The second kappa shape index (κ2) is 9.30. The molecule has 0 bridgehead atoms. The van der Waals surface area contributed by atoms with E-state index in [-0.39, 0.29) is 5.91 Å². The molecule has 0 aromatic heterocycles. The Morgan fingerprint density at radius 2 is 1.45 bits per heavy atom. The number of benzene rings is 4. The summed E-state index contributed by atoms with van der Waals surface area (Å²) in [6.07, 6.45) is 0.345. The minimum Gasteiger partial charge on any atom is -0.322 e. The van der Waals surface area contributed by atoms with Gasteiger partial charge in [-0.1, -0.05) is 78.3 Å². The van der Waals surface area contributed by atoms with Crippen LogP contribution in [0.3, 0.4) is 0 Å². The highest BCUT2D eigenvalue weighted by Crippen LogP contribution is 2.31. The maximum atomic E-state index is 12.8. The second-order valence-electron chi connectivity index (χ2n) is 7.12. The third-order valence-corrected chi connectivity index (χ3v) is 5.36. The van der Waals surface area contributed by atoms with Crippen molar-refractivity contribution in [3.8, 4) is 28.3 Å². The van der Waals surface area contributed by atoms with Crippen molar-refractivity contribution in [2.75, 3.05) is 5.32 Å². The maximum absolute atomic E-state index is 12.8. The van der Waals surface area contributed by atoms with E-state index in [4.69, 9.17) is 16.9 Å². The Bertz CT molecular complexity index is 1240. The SMILES string of the molecule is N#CCc1ccc(NC(=O)c2ccc(Cl)c(-c3ccc(-c4ccccc4)cc3)c2)cc1. The summed E-state index contributed by atoms with van der Waals surface area (Å²) in [5.74, 6) is -0.216. The molecule has 0 unspecified atom stereocenters. The van der Waals surface area contributed by atoms with Gasteiger partial charge in [0.2, 0.25) is 0 Å². The number of amides is 1. The Hall–Kier alpha value is -3.87. The second-order valence-corrected chi connectivity index (χ2v) is 7.53. The van der Waals surface area contributed by atoms with Gasteiger partial charge >= 0.3 is 0 Å². The van der Waals surface area contributed by atoms with Gasteiger partial charge in [-0.2, -0.15) is 5.26 Å². The molecule has 1 amide bonds. The molecule has 3 nitrogen and oxygen atoms in total. The summed E-state index contributed by atoms with van der Waals surface area (Å²) >= 11 is 6.44. The molecule has 0 saturated carbocycles. The van der Waals surface area contributed by atoms with Crippen LogP contribution in [0.25, 0.3) is 22.3 Å². The quantitative estimate of drug-likeness (QED) is 0.376. The van der Waals surface area contributed by atoms with Crippen LogP contribution in [0, 0.1) is 11.3 Å². The Labute approximate surface area is 186 Å². The lowest BCUT2D eigenvalue weighted by atomic mass is 9.99. The smallest absolute Gasteiger partial charge is 0.255 e. The Morgan fingerprint density at radius 3 is 2.13 bits per heavy atom. The summed E-state index contributed by atoms with van der Waals surface area (Å²) in [5, 5.41) is 12.2. The van der Waals surface area contributed by atoms with Crippen LogP contribution in [0.5, 0.6) is 0 Å². The lowest BCUT2D eigenvalue weighted by molar-refractivity contribution is 0.102. The number of nitrogens with zero attached hydrogens (tertiary/aromatic N) is 1. The van der Waals surface area contributed by atoms with Crippen molar-refractivity contribution in [3.05, 3.63) is 113 Å². The van der Waals surface area contributed by atoms with Gasteiger partial charge in [0.25, 0.3) is 5.91 Å². The molecule has 0 aliphatic heterocycles. The van der Waals surface area contributed by atoms with Gasteiger partial charge in [0.15, 0.2) is 0 Å². The minimum absolute atomic E-state index is 0.216. The summed E-state index contributed by atoms with van der Waals surface area (Å²) in [7, 11) is 0. The van der Waals surface area contributed by atoms with Crippen LogP contribution >= 0.6 is 11.6 Å². The van der Waals surface area contributed by atoms with E-state index in [1.807, 2.05) is 42.5 Å². The Morgan fingerprint density at radius 1 is 0.806 bits per heavy atom. The van der Waals surface area contributed by atoms with E-state index < -0.39 is 0 Å². The number of nitriles is 1. The van der Waals surface area contributed by atoms with Crippen molar-refractivity contribution in [2.45, 2.75) is 6.42 Å². The lowest BCUT2D eigenvalue weighted by Crippen LogP contribution is -2.12. The fourth-order valence-electron chi connectivity index (χ4n) is 3.36. The predicted molar refractivity (Wildman–Crippen MR) is 126 cm³/mol. The van der Waals surface area contributed by atoms with E-state index in [2.05, 4.69) is 35.7 Å². The zero-order valence-electron chi connectivity index (χ0n) is 16.7. The highest BCUT2D eigenvalue weighted by atomic mass is 35.5. The van der Waals surface area contributed by atoms with Gasteiger partial charge in [-0.15, -0.1) is 0 Å². The first-order valence-corrected chi connectivity index (χ1v) is 10.2. The number of hydrogen-bond donors (Lipinski definition) is 1. The molecule has 4 heteroatoms. The van der Waals surface area contributed by atoms with Gasteiger partial charge in [-0.25, -0.2) is 0 Å². The highest BCUT2D eigenvalue weighted by Gasteiger charge is 2.11. The molecule has 0 radical (unpaired) electrons. The van der Waals surface area contributed by atoms with Gasteiger partial charge in [-0.3, -0.25) is 4.79 Å². The van der Waals surface area contributed by atoms with Crippen LogP contribution < -0.4 is 5.32 Å². The molecular formula is C27H19ClN2O. The molecule has 0 saturated heterocycles. The standard InChI is InChI=1S/C27H19ClN2O/c28-26-15-12-23(27(31)30-24-13-6-19(7-14-24)16-17-29)18-25(26)22-10-8-21(9-11-22)20-4-2-1-3-5-20/h1-15,18H,16H2,(H,30,31). The topological polar surface area (TPSA) is 52.9 Å². The summed E-state index contributed by atoms with van der Waals surface area (Å²) in [4.78, 5) is 12.8. The summed E-state index contributed by atoms with van der Waals surface area (Å²) in [6, 6.07) is 32.9. The van der Waals surface area contributed by atoms with Gasteiger partial charge in [-0.05, 0) is 52.6 Å². The number of carbonyl (C=O) groups is 1. The molecule has 0 fully saturated rings. The molecule has 4 rings (SSSR count). The number of carbonyl (C=O) groups excluding carboxylic acids is 1. The largest absolute Gasteiger partial charge is 0.322 e. The van der Waals surface area contributed by atoms with Crippen LogP contribution in [0.2, 0.25) is 5.02 Å². The molecule has 150 valence electrons. The number of halogens is 1. The molecule has 0 aliphatic rings. The lowest BCUT2D eigenvalue weighted by Gasteiger charge is -2.10. The van der Waals surface area contributed by atoms with Crippen molar-refractivity contribution in [1.82, 2.24) is 0 Å². The van der Waals surface area contributed by atoms with Crippen molar-refractivity contribution >= 4 is 23.2 Å². The molecular weight excluding hydrogens is 404 g/mol. The third kappa shape index (κ3) is 4.83. The normalized spacial score (nSPS) is 10.3. The first-order valence-electron chi connectivity index (χ1n) is 9.87. The fraction of sp³-hybridized carbons (Fsp3) is 0.0370. The van der Waals surface area contributed by atoms with Crippen molar-refractivity contribution in [2.24, 2.45) is 0 Å². The molecule has 31 heavy (non-hydrogen) atoms. The number of rotatable bonds is 5. The summed E-state index contributed by atoms with van der Waals surface area (Å²) in [5.41, 5.74) is 6.12. The molecule has 4 aromatic carbocycles. The van der Waals surface area contributed by atoms with Crippen LogP contribution in [0.15, 0.2) is 97.1 Å². The van der Waals surface area contributed by atoms with Crippen LogP contribution in [-0.4, -0.2) is 5.91 Å². The van der Waals surface area contributed by atoms with Crippen LogP contribution in [-0.2, 0) is 6.42 Å². The van der Waals surface area contributed by atoms with Crippen LogP contribution in [0.1, 0.15) is 15.9 Å². The van der Waals surface area contributed by atoms with Gasteiger partial charge in [0.1, 0.15) is 0 Å². The van der Waals surface area contributed by atoms with E-state index in [1.165, 1.54) is 0 Å². The highest BCUT2D eigenvalue weighted by molar-refractivity contribution is 6.33. The van der Waals surface area contributed by atoms with Gasteiger partial charge in [0, 0.05) is 21.8 Å². The molecule has 0 atom stereocenters. The number of hydrogen-bond acceptors (Lipinski definition) is 2. The fourth-order valence-corrected chi connectivity index (χ4v) is 3.59. The zero-order valence-corrected chi connectivity index (χ0v) is 17.4. The summed E-state index contributed by atoms with van der Waals surface area (Å²) in [6.45, 7) is 0. The number of nitrogens with one attached hydrogen (secondary N) is 1. The molecule has 0 spiro atoms. The first-order chi connectivity index (χ1) is 15.1. The average Bonchev–Trinajstić information content (AvgIpc) is 2.81. The van der Waals surface area contributed by atoms with Crippen molar-refractivity contribution in [3.63, 3.8) is 0 Å². The molecule has 4 aromatic rings. The number of anilines is 1. The molecule has 0 aliphatic carbocycles. The van der Waals surface area contributed by atoms with E-state index in [9.17, 15) is 4.79 Å². The van der Waals surface area contributed by atoms with Crippen molar-refractivity contribution in [1.29, 1.82) is 5.26 Å². The average molecular weight is 423 g/mol. The summed E-state index contributed by atoms with van der Waals surface area (Å²) < 4.78 is 0. The van der Waals surface area contributed by atoms with Gasteiger partial charge in [0.05, 0.1) is 12.5 Å². The maximum Gasteiger partial charge on any atom is 0.255 e. The first kappa shape index (κ1) is 20.4. The Balaban J connectivity index is 1.55. The van der Waals surface area contributed by atoms with E-state index in [0.29, 0.717) is 22.7 Å². The Kier molecular flexibility index (Phi) is 6.12. The van der Waals surface area contributed by atoms with E-state index in [0.717, 1.165) is 27.8 Å². The van der Waals surface area contributed by atoms with E-state index in [1.54, 1.807) is 30.3 Å². The third-order valence-electron chi connectivity index (χ3n) is 5.03. The minimum atomic E-state index is -0.216. The molecule has 1 N–H and O–H groups in total. The predicted octanol–water partition coefficient (Wildman–Crippen LogP) is 6.99. The zero-order chi connectivity index (χ0) is 21.6. The van der Waals surface area contributed by atoms with Gasteiger partial charge < -0.3 is 5.32 Å². The van der Waals surface area contributed by atoms with E-state index >= 15 is 0 Å². The monoisotopic (exact) mass is 422 g/mol.